The van der Waals surface area contributed by atoms with Gasteiger partial charge >= 0.3 is 5.69 Å². The summed E-state index contributed by atoms with van der Waals surface area (Å²) in [5.74, 6) is 0.498. The monoisotopic (exact) mass is 461 g/mol. The van der Waals surface area contributed by atoms with Crippen molar-refractivity contribution in [2.45, 2.75) is 25.8 Å². The number of nitrogens with two attached hydrogens (primary N) is 1. The molecule has 172 valence electrons. The van der Waals surface area contributed by atoms with Gasteiger partial charge in [0, 0.05) is 0 Å². The lowest BCUT2D eigenvalue weighted by Crippen LogP contribution is -2.25. The molecule has 1 fully saturated rings. The van der Waals surface area contributed by atoms with Crippen LogP contribution in [0, 0.1) is 0 Å². The summed E-state index contributed by atoms with van der Waals surface area (Å²) in [7, 11) is -2.08. The number of hydrogen-bond acceptors (Lipinski definition) is 8. The number of nitrogens with one attached hydrogen (secondary N) is 2. The van der Waals surface area contributed by atoms with Crippen molar-refractivity contribution in [1.29, 1.82) is 0 Å². The summed E-state index contributed by atoms with van der Waals surface area (Å²) in [6, 6.07) is 7.25. The fourth-order valence-corrected chi connectivity index (χ4v) is 4.81. The van der Waals surface area contributed by atoms with Crippen LogP contribution in [0.3, 0.4) is 0 Å². The Morgan fingerprint density at radius 3 is 2.59 bits per heavy atom. The summed E-state index contributed by atoms with van der Waals surface area (Å²) in [6.07, 6.45) is 2.83. The van der Waals surface area contributed by atoms with Gasteiger partial charge in [0.2, 0.25) is 16.0 Å². The zero-order valence-corrected chi connectivity index (χ0v) is 18.7. The molecule has 4 N–H and O–H groups in total. The minimum atomic E-state index is -3.65. The molecule has 1 aromatic carbocycles. The number of rotatable bonds is 9. The van der Waals surface area contributed by atoms with Crippen molar-refractivity contribution in [1.82, 2.24) is 24.4 Å². The van der Waals surface area contributed by atoms with Crippen molar-refractivity contribution in [3.05, 3.63) is 40.3 Å². The number of aromatic nitrogens is 4. The van der Waals surface area contributed by atoms with Crippen LogP contribution >= 0.6 is 0 Å². The second-order valence-electron chi connectivity index (χ2n) is 7.82. The van der Waals surface area contributed by atoms with E-state index in [0.717, 1.165) is 38.0 Å². The summed E-state index contributed by atoms with van der Waals surface area (Å²) in [5, 5.41) is 0. The predicted molar refractivity (Wildman–Crippen MR) is 122 cm³/mol. The number of sulfonamides is 1. The Kier molecular flexibility index (Phi) is 6.33. The van der Waals surface area contributed by atoms with Gasteiger partial charge in [0.05, 0.1) is 19.4 Å². The maximum atomic E-state index is 12.5. The first-order valence-electron chi connectivity index (χ1n) is 10.5. The maximum Gasteiger partial charge on any atom is 0.328 e. The van der Waals surface area contributed by atoms with Crippen molar-refractivity contribution in [2.24, 2.45) is 0 Å². The molecular weight excluding hydrogens is 434 g/mol. The molecule has 0 atom stereocenters. The minimum Gasteiger partial charge on any atom is -0.497 e. The number of fused-ring (bicyclic) bond motifs is 1. The molecule has 0 spiro atoms. The van der Waals surface area contributed by atoms with Crippen molar-refractivity contribution in [3.8, 4) is 5.75 Å². The molecule has 0 aliphatic carbocycles. The lowest BCUT2D eigenvalue weighted by molar-refractivity contribution is 0.340. The number of nitrogen functional groups attached to an aromatic ring is 1. The van der Waals surface area contributed by atoms with Crippen molar-refractivity contribution in [2.75, 3.05) is 43.0 Å². The number of hydrogen-bond donors (Lipinski definition) is 3. The van der Waals surface area contributed by atoms with E-state index in [9.17, 15) is 13.2 Å². The van der Waals surface area contributed by atoms with E-state index in [4.69, 9.17) is 10.5 Å². The largest absolute Gasteiger partial charge is 0.497 e. The van der Waals surface area contributed by atoms with Crippen molar-refractivity contribution >= 4 is 33.0 Å². The van der Waals surface area contributed by atoms with Crippen LogP contribution < -0.4 is 20.9 Å². The molecule has 1 saturated heterocycles. The van der Waals surface area contributed by atoms with Gasteiger partial charge in [-0.3, -0.25) is 9.29 Å². The second-order valence-corrected chi connectivity index (χ2v) is 9.66. The highest BCUT2D eigenvalue weighted by Crippen LogP contribution is 2.19. The SMILES string of the molecule is COc1ccc(Cn2c(=O)[nH]c3c(N)nc(NS(=O)(=O)CCCN4CCCC4)nc32)cc1. The van der Waals surface area contributed by atoms with E-state index in [1.807, 2.05) is 12.1 Å². The lowest BCUT2D eigenvalue weighted by Gasteiger charge is -2.14. The van der Waals surface area contributed by atoms with Gasteiger partial charge < -0.3 is 20.4 Å². The van der Waals surface area contributed by atoms with E-state index in [1.54, 1.807) is 19.2 Å². The number of H-pyrrole nitrogens is 1. The maximum absolute atomic E-state index is 12.5. The van der Waals surface area contributed by atoms with Crippen molar-refractivity contribution < 1.29 is 13.2 Å². The van der Waals surface area contributed by atoms with Crippen LogP contribution in [0.5, 0.6) is 5.75 Å². The Balaban J connectivity index is 1.53. The average Bonchev–Trinajstić information content (AvgIpc) is 3.37. The molecule has 1 aliphatic rings. The average molecular weight is 462 g/mol. The van der Waals surface area contributed by atoms with Gasteiger partial charge in [0.25, 0.3) is 0 Å². The number of aromatic amines is 1. The smallest absolute Gasteiger partial charge is 0.328 e. The third-order valence-corrected chi connectivity index (χ3v) is 6.80. The topological polar surface area (TPSA) is 148 Å². The summed E-state index contributed by atoms with van der Waals surface area (Å²) in [4.78, 5) is 25.7. The molecule has 32 heavy (non-hydrogen) atoms. The highest BCUT2D eigenvalue weighted by Gasteiger charge is 2.19. The number of imidazole rings is 1. The molecule has 0 radical (unpaired) electrons. The van der Waals surface area contributed by atoms with Gasteiger partial charge in [0.1, 0.15) is 11.3 Å². The van der Waals surface area contributed by atoms with E-state index in [0.29, 0.717) is 12.2 Å². The first-order valence-corrected chi connectivity index (χ1v) is 12.1. The van der Waals surface area contributed by atoms with E-state index in [2.05, 4.69) is 24.6 Å². The molecule has 1 aliphatic heterocycles. The second kappa shape index (κ2) is 9.17. The number of ether oxygens (including phenoxy) is 1. The third kappa shape index (κ3) is 5.02. The van der Waals surface area contributed by atoms with Gasteiger partial charge in [-0.2, -0.15) is 9.97 Å². The Labute approximate surface area is 185 Å². The first kappa shape index (κ1) is 22.1. The van der Waals surface area contributed by atoms with E-state index >= 15 is 0 Å². The summed E-state index contributed by atoms with van der Waals surface area (Å²) < 4.78 is 34.0. The van der Waals surface area contributed by atoms with Crippen LogP contribution in [-0.4, -0.2) is 65.3 Å². The van der Waals surface area contributed by atoms with Crippen LogP contribution in [0.15, 0.2) is 29.1 Å². The zero-order chi connectivity index (χ0) is 22.7. The van der Waals surface area contributed by atoms with E-state index in [-0.39, 0.29) is 35.2 Å². The number of benzene rings is 1. The molecule has 2 aromatic heterocycles. The van der Waals surface area contributed by atoms with E-state index in [1.165, 1.54) is 4.57 Å². The molecule has 0 unspecified atom stereocenters. The summed E-state index contributed by atoms with van der Waals surface area (Å²) in [5.41, 5.74) is 6.90. The standard InChI is InChI=1S/C20H27N7O4S/c1-31-15-7-5-14(6-8-15)13-27-18-16(22-20(27)28)17(21)23-19(24-18)25-32(29,30)12-4-11-26-9-2-3-10-26/h5-8H,2-4,9-13H2,1H3,(H,22,28)(H3,21,23,24,25). The van der Waals surface area contributed by atoms with Crippen LogP contribution in [0.25, 0.3) is 11.2 Å². The highest BCUT2D eigenvalue weighted by molar-refractivity contribution is 7.92. The lowest BCUT2D eigenvalue weighted by atomic mass is 10.2. The zero-order valence-electron chi connectivity index (χ0n) is 17.9. The Hall–Kier alpha value is -3.12. The molecule has 3 aromatic rings. The minimum absolute atomic E-state index is 0.00431. The Morgan fingerprint density at radius 1 is 1.19 bits per heavy atom. The molecular formula is C20H27N7O4S. The van der Waals surface area contributed by atoms with Crippen LogP contribution in [0.1, 0.15) is 24.8 Å². The molecule has 4 rings (SSSR count). The Bertz CT molecular complexity index is 1250. The van der Waals surface area contributed by atoms with Gasteiger partial charge in [-0.25, -0.2) is 13.2 Å². The molecule has 0 amide bonds. The predicted octanol–water partition coefficient (Wildman–Crippen LogP) is 0.986. The third-order valence-electron chi connectivity index (χ3n) is 5.48. The fourth-order valence-electron chi connectivity index (χ4n) is 3.83. The van der Waals surface area contributed by atoms with Gasteiger partial charge in [0.15, 0.2) is 11.5 Å². The van der Waals surface area contributed by atoms with Gasteiger partial charge in [-0.1, -0.05) is 12.1 Å². The number of anilines is 2. The van der Waals surface area contributed by atoms with E-state index < -0.39 is 15.7 Å². The fraction of sp³-hybridized carbons (Fsp3) is 0.450. The van der Waals surface area contributed by atoms with Crippen molar-refractivity contribution in [3.63, 3.8) is 0 Å². The first-order chi connectivity index (χ1) is 15.3. The molecule has 0 bridgehead atoms. The normalized spacial score (nSPS) is 14.8. The Morgan fingerprint density at radius 2 is 1.91 bits per heavy atom. The number of likely N-dealkylation sites (tertiary alicyclic amines) is 1. The summed E-state index contributed by atoms with van der Waals surface area (Å²) in [6.45, 7) is 3.00. The van der Waals surface area contributed by atoms with Crippen LogP contribution in [-0.2, 0) is 16.6 Å². The van der Waals surface area contributed by atoms with Gasteiger partial charge in [-0.15, -0.1) is 0 Å². The molecule has 0 saturated carbocycles. The number of nitrogens with zero attached hydrogens (tertiary/aromatic N) is 4. The number of methoxy groups -OCH3 is 1. The molecule has 11 nitrogen and oxygen atoms in total. The highest BCUT2D eigenvalue weighted by atomic mass is 32.2. The molecule has 3 heterocycles. The van der Waals surface area contributed by atoms with Crippen LogP contribution in [0.4, 0.5) is 11.8 Å². The van der Waals surface area contributed by atoms with Gasteiger partial charge in [-0.05, 0) is 56.6 Å². The quantitative estimate of drug-likeness (QED) is 0.427. The summed E-state index contributed by atoms with van der Waals surface area (Å²) >= 11 is 0. The van der Waals surface area contributed by atoms with Crippen LogP contribution in [0.2, 0.25) is 0 Å². The molecule has 12 heteroatoms.